The monoisotopic (exact) mass is 517 g/mol. The Kier molecular flexibility index (Phi) is 8.75. The molecule has 0 atom stereocenters. The third kappa shape index (κ3) is 6.97. The Hall–Kier alpha value is -4.31. The Labute approximate surface area is 231 Å². The van der Waals surface area contributed by atoms with Crippen LogP contribution in [0.1, 0.15) is 42.3 Å². The van der Waals surface area contributed by atoms with Crippen LogP contribution in [0, 0.1) is 6.92 Å². The van der Waals surface area contributed by atoms with E-state index in [0.717, 1.165) is 53.3 Å². The topological polar surface area (TPSA) is 44.5 Å². The molecule has 5 aromatic rings. The molecule has 4 heteroatoms. The summed E-state index contributed by atoms with van der Waals surface area (Å²) in [5.41, 5.74) is 6.60. The van der Waals surface area contributed by atoms with E-state index in [2.05, 4.69) is 73.7 Å². The Morgan fingerprint density at radius 1 is 0.718 bits per heavy atom. The highest BCUT2D eigenvalue weighted by Gasteiger charge is 2.13. The molecule has 0 unspecified atom stereocenters. The zero-order valence-corrected chi connectivity index (χ0v) is 22.7. The van der Waals surface area contributed by atoms with Gasteiger partial charge in [0.25, 0.3) is 0 Å². The van der Waals surface area contributed by atoms with Crippen LogP contribution < -0.4 is 9.47 Å². The molecular formula is C35H35NO3. The van der Waals surface area contributed by atoms with Gasteiger partial charge in [-0.3, -0.25) is 0 Å². The predicted octanol–water partition coefficient (Wildman–Crippen LogP) is 8.86. The number of nitrogens with zero attached hydrogens (tertiary/aromatic N) is 1. The first kappa shape index (κ1) is 26.3. The number of hydrogen-bond acceptors (Lipinski definition) is 4. The molecule has 39 heavy (non-hydrogen) atoms. The van der Waals surface area contributed by atoms with Crippen LogP contribution in [-0.2, 0) is 19.4 Å². The molecular weight excluding hydrogens is 482 g/mol. The molecule has 0 bridgehead atoms. The van der Waals surface area contributed by atoms with E-state index in [-0.39, 0.29) is 0 Å². The van der Waals surface area contributed by atoms with Crippen molar-refractivity contribution in [3.63, 3.8) is 0 Å². The summed E-state index contributed by atoms with van der Waals surface area (Å²) in [6.07, 6.45) is 3.87. The van der Waals surface area contributed by atoms with E-state index in [1.165, 1.54) is 16.7 Å². The van der Waals surface area contributed by atoms with E-state index in [4.69, 9.17) is 18.9 Å². The van der Waals surface area contributed by atoms with Crippen LogP contribution >= 0.6 is 0 Å². The van der Waals surface area contributed by atoms with Crippen molar-refractivity contribution in [3.05, 3.63) is 126 Å². The minimum absolute atomic E-state index is 0.531. The van der Waals surface area contributed by atoms with Gasteiger partial charge in [-0.05, 0) is 72.4 Å². The number of aryl methyl sites for hydroxylation is 2. The largest absolute Gasteiger partial charge is 0.493 e. The van der Waals surface area contributed by atoms with E-state index in [1.54, 1.807) is 0 Å². The van der Waals surface area contributed by atoms with Gasteiger partial charge >= 0.3 is 0 Å². The molecule has 0 aliphatic rings. The lowest BCUT2D eigenvalue weighted by Gasteiger charge is -2.14. The highest BCUT2D eigenvalue weighted by atomic mass is 16.5. The normalized spacial score (nSPS) is 10.9. The lowest BCUT2D eigenvalue weighted by molar-refractivity contribution is 0.300. The maximum absolute atomic E-state index is 6.25. The van der Waals surface area contributed by atoms with Crippen molar-refractivity contribution in [1.29, 1.82) is 0 Å². The maximum atomic E-state index is 6.25. The maximum Gasteiger partial charge on any atom is 0.226 e. The van der Waals surface area contributed by atoms with Crippen LogP contribution in [-0.4, -0.2) is 11.6 Å². The Bertz CT molecular complexity index is 1460. The fourth-order valence-corrected chi connectivity index (χ4v) is 4.57. The summed E-state index contributed by atoms with van der Waals surface area (Å²) in [5, 5.41) is 0. The average molecular weight is 518 g/mol. The minimum Gasteiger partial charge on any atom is -0.493 e. The van der Waals surface area contributed by atoms with Crippen molar-refractivity contribution >= 4 is 0 Å². The molecule has 1 heterocycles. The summed E-state index contributed by atoms with van der Waals surface area (Å²) in [4.78, 5) is 4.79. The molecule has 0 aliphatic carbocycles. The van der Waals surface area contributed by atoms with Gasteiger partial charge < -0.3 is 13.9 Å². The van der Waals surface area contributed by atoms with Gasteiger partial charge in [0.1, 0.15) is 23.9 Å². The summed E-state index contributed by atoms with van der Waals surface area (Å²) >= 11 is 0. The molecule has 4 nitrogen and oxygen atoms in total. The van der Waals surface area contributed by atoms with Crippen LogP contribution in [0.5, 0.6) is 11.5 Å². The number of unbranched alkanes of at least 4 members (excludes halogenated alkanes) is 1. The molecule has 0 saturated heterocycles. The molecule has 0 saturated carbocycles. The van der Waals surface area contributed by atoms with Gasteiger partial charge in [0.2, 0.25) is 5.89 Å². The third-order valence-electron chi connectivity index (χ3n) is 6.81. The summed E-state index contributed by atoms with van der Waals surface area (Å²) < 4.78 is 18.3. The lowest BCUT2D eigenvalue weighted by Crippen LogP contribution is -2.05. The second-order valence-corrected chi connectivity index (χ2v) is 9.71. The van der Waals surface area contributed by atoms with Crippen molar-refractivity contribution in [2.45, 2.75) is 46.1 Å². The van der Waals surface area contributed by atoms with E-state index < -0.39 is 0 Å². The molecule has 198 valence electrons. The van der Waals surface area contributed by atoms with E-state index in [0.29, 0.717) is 25.5 Å². The van der Waals surface area contributed by atoms with Crippen LogP contribution in [0.25, 0.3) is 22.6 Å². The standard InChI is InChI=1S/C35H35NO3/c1-3-4-13-31-24-32(38-25-27-11-7-5-8-12-27)20-21-34(31)37-23-22-33-26(2)39-35(36-33)30-18-16-29(17-19-30)28-14-9-6-10-15-28/h5-12,14-21,24H,3-4,13,22-23,25H2,1-2H3. The molecule has 0 amide bonds. The van der Waals surface area contributed by atoms with E-state index in [1.807, 2.05) is 43.3 Å². The molecule has 5 rings (SSSR count). The van der Waals surface area contributed by atoms with Crippen LogP contribution in [0.2, 0.25) is 0 Å². The Morgan fingerprint density at radius 2 is 1.41 bits per heavy atom. The average Bonchev–Trinajstić information content (AvgIpc) is 3.36. The van der Waals surface area contributed by atoms with Gasteiger partial charge in [-0.1, -0.05) is 86.1 Å². The molecule has 0 N–H and O–H groups in total. The van der Waals surface area contributed by atoms with E-state index in [9.17, 15) is 0 Å². The molecule has 0 radical (unpaired) electrons. The Morgan fingerprint density at radius 3 is 2.15 bits per heavy atom. The smallest absolute Gasteiger partial charge is 0.226 e. The first-order chi connectivity index (χ1) is 19.2. The fourth-order valence-electron chi connectivity index (χ4n) is 4.57. The SMILES string of the molecule is CCCCc1cc(OCc2ccccc2)ccc1OCCc1nc(-c2ccc(-c3ccccc3)cc2)oc1C. The van der Waals surface area contributed by atoms with Gasteiger partial charge in [0.15, 0.2) is 0 Å². The zero-order valence-electron chi connectivity index (χ0n) is 22.7. The summed E-state index contributed by atoms with van der Waals surface area (Å²) in [7, 11) is 0. The number of hydrogen-bond donors (Lipinski definition) is 0. The van der Waals surface area contributed by atoms with Crippen molar-refractivity contribution in [1.82, 2.24) is 4.98 Å². The predicted molar refractivity (Wildman–Crippen MR) is 157 cm³/mol. The number of oxazole rings is 1. The van der Waals surface area contributed by atoms with Crippen molar-refractivity contribution < 1.29 is 13.9 Å². The quantitative estimate of drug-likeness (QED) is 0.166. The fraction of sp³-hybridized carbons (Fsp3) is 0.229. The van der Waals surface area contributed by atoms with Gasteiger partial charge in [0, 0.05) is 12.0 Å². The highest BCUT2D eigenvalue weighted by Crippen LogP contribution is 2.28. The number of benzene rings is 4. The molecule has 1 aromatic heterocycles. The molecule has 0 fully saturated rings. The van der Waals surface area contributed by atoms with Crippen LogP contribution in [0.3, 0.4) is 0 Å². The second-order valence-electron chi connectivity index (χ2n) is 9.71. The van der Waals surface area contributed by atoms with E-state index >= 15 is 0 Å². The first-order valence-corrected chi connectivity index (χ1v) is 13.7. The third-order valence-corrected chi connectivity index (χ3v) is 6.81. The van der Waals surface area contributed by atoms with Gasteiger partial charge in [-0.2, -0.15) is 0 Å². The second kappa shape index (κ2) is 13.0. The molecule has 4 aromatic carbocycles. The number of ether oxygens (including phenoxy) is 2. The van der Waals surface area contributed by atoms with Crippen molar-refractivity contribution in [3.8, 4) is 34.1 Å². The first-order valence-electron chi connectivity index (χ1n) is 13.7. The molecule has 0 aliphatic heterocycles. The van der Waals surface area contributed by atoms with Crippen molar-refractivity contribution in [2.24, 2.45) is 0 Å². The zero-order chi connectivity index (χ0) is 26.9. The minimum atomic E-state index is 0.531. The summed E-state index contributed by atoms with van der Waals surface area (Å²) in [6.45, 7) is 5.26. The van der Waals surface area contributed by atoms with Crippen LogP contribution in [0.4, 0.5) is 0 Å². The summed E-state index contributed by atoms with van der Waals surface area (Å²) in [5.74, 6) is 3.25. The highest BCUT2D eigenvalue weighted by molar-refractivity contribution is 5.67. The van der Waals surface area contributed by atoms with Gasteiger partial charge in [-0.15, -0.1) is 0 Å². The number of aromatic nitrogens is 1. The summed E-state index contributed by atoms with van der Waals surface area (Å²) in [6, 6.07) is 35.1. The molecule has 0 spiro atoms. The van der Waals surface area contributed by atoms with Crippen LogP contribution in [0.15, 0.2) is 108 Å². The number of rotatable bonds is 12. The lowest BCUT2D eigenvalue weighted by atomic mass is 10.0. The van der Waals surface area contributed by atoms with Crippen molar-refractivity contribution in [2.75, 3.05) is 6.61 Å². The van der Waals surface area contributed by atoms with Gasteiger partial charge in [0.05, 0.1) is 12.3 Å². The van der Waals surface area contributed by atoms with Gasteiger partial charge in [-0.25, -0.2) is 4.98 Å². The Balaban J connectivity index is 1.21.